The molecule has 16 heavy (non-hydrogen) atoms. The maximum Gasteiger partial charge on any atom is 0.0886 e. The summed E-state index contributed by atoms with van der Waals surface area (Å²) in [5.74, 6) is 5.66. The lowest BCUT2D eigenvalue weighted by Gasteiger charge is -2.46. The number of hydrazine groups is 1. The van der Waals surface area contributed by atoms with Crippen molar-refractivity contribution < 1.29 is 4.74 Å². The van der Waals surface area contributed by atoms with Gasteiger partial charge in [0.1, 0.15) is 0 Å². The second-order valence-corrected chi connectivity index (χ2v) is 4.46. The Morgan fingerprint density at radius 2 is 2.25 bits per heavy atom. The second-order valence-electron chi connectivity index (χ2n) is 4.46. The summed E-state index contributed by atoms with van der Waals surface area (Å²) in [6.07, 6.45) is 5.17. The van der Waals surface area contributed by atoms with E-state index in [0.717, 1.165) is 24.1 Å². The highest BCUT2D eigenvalue weighted by molar-refractivity contribution is 5.22. The van der Waals surface area contributed by atoms with Gasteiger partial charge < -0.3 is 4.74 Å². The quantitative estimate of drug-likeness (QED) is 0.597. The molecule has 0 bridgehead atoms. The monoisotopic (exact) mass is 221 g/mol. The smallest absolute Gasteiger partial charge is 0.0886 e. The van der Waals surface area contributed by atoms with Crippen molar-refractivity contribution in [1.29, 1.82) is 0 Å². The fourth-order valence-electron chi connectivity index (χ4n) is 2.34. The van der Waals surface area contributed by atoms with E-state index in [-0.39, 0.29) is 11.6 Å². The SMILES string of the molecule is COC1(C(NN)c2ccc(C)nc2)CCC1. The summed E-state index contributed by atoms with van der Waals surface area (Å²) < 4.78 is 5.64. The van der Waals surface area contributed by atoms with Crippen molar-refractivity contribution in [3.05, 3.63) is 29.6 Å². The molecule has 4 heteroatoms. The lowest BCUT2D eigenvalue weighted by Crippen LogP contribution is -2.52. The summed E-state index contributed by atoms with van der Waals surface area (Å²) >= 11 is 0. The van der Waals surface area contributed by atoms with Gasteiger partial charge in [-0.05, 0) is 37.8 Å². The molecule has 1 aromatic heterocycles. The summed E-state index contributed by atoms with van der Waals surface area (Å²) in [6.45, 7) is 1.98. The van der Waals surface area contributed by atoms with Crippen molar-refractivity contribution in [2.45, 2.75) is 37.8 Å². The Labute approximate surface area is 96.2 Å². The number of ether oxygens (including phenoxy) is 1. The Morgan fingerprint density at radius 1 is 1.50 bits per heavy atom. The van der Waals surface area contributed by atoms with Crippen LogP contribution >= 0.6 is 0 Å². The molecule has 1 atom stereocenters. The van der Waals surface area contributed by atoms with Crippen molar-refractivity contribution in [3.63, 3.8) is 0 Å². The summed E-state index contributed by atoms with van der Waals surface area (Å²) in [5, 5.41) is 0. The van der Waals surface area contributed by atoms with Crippen LogP contribution < -0.4 is 11.3 Å². The maximum absolute atomic E-state index is 5.66. The van der Waals surface area contributed by atoms with Crippen molar-refractivity contribution in [3.8, 4) is 0 Å². The first-order valence-corrected chi connectivity index (χ1v) is 5.66. The van der Waals surface area contributed by atoms with Crippen molar-refractivity contribution in [1.82, 2.24) is 10.4 Å². The number of nitrogens with one attached hydrogen (secondary N) is 1. The summed E-state index contributed by atoms with van der Waals surface area (Å²) in [5.41, 5.74) is 4.83. The van der Waals surface area contributed by atoms with Crippen molar-refractivity contribution in [2.75, 3.05) is 7.11 Å². The molecule has 1 unspecified atom stereocenters. The van der Waals surface area contributed by atoms with Crippen LogP contribution in [-0.2, 0) is 4.74 Å². The fourth-order valence-corrected chi connectivity index (χ4v) is 2.34. The van der Waals surface area contributed by atoms with E-state index in [1.54, 1.807) is 7.11 Å². The van der Waals surface area contributed by atoms with Crippen LogP contribution in [0.3, 0.4) is 0 Å². The van der Waals surface area contributed by atoms with Gasteiger partial charge in [0.15, 0.2) is 0 Å². The van der Waals surface area contributed by atoms with Crippen LogP contribution in [-0.4, -0.2) is 17.7 Å². The molecule has 1 aliphatic rings. The number of hydrogen-bond acceptors (Lipinski definition) is 4. The van der Waals surface area contributed by atoms with Gasteiger partial charge in [0.2, 0.25) is 0 Å². The van der Waals surface area contributed by atoms with Crippen LogP contribution in [0.1, 0.15) is 36.6 Å². The molecule has 1 saturated carbocycles. The highest BCUT2D eigenvalue weighted by Gasteiger charge is 2.44. The van der Waals surface area contributed by atoms with Gasteiger partial charge in [-0.25, -0.2) is 0 Å². The number of rotatable bonds is 4. The van der Waals surface area contributed by atoms with E-state index in [1.165, 1.54) is 6.42 Å². The van der Waals surface area contributed by atoms with E-state index >= 15 is 0 Å². The topological polar surface area (TPSA) is 60.2 Å². The standard InChI is InChI=1S/C12H19N3O/c1-9-4-5-10(8-14-9)11(15-13)12(16-2)6-3-7-12/h4-5,8,11,15H,3,6-7,13H2,1-2H3. The zero-order valence-corrected chi connectivity index (χ0v) is 9.86. The Balaban J connectivity index is 2.25. The third kappa shape index (κ3) is 1.84. The molecule has 0 aromatic carbocycles. The number of aryl methyl sites for hydroxylation is 1. The molecule has 0 amide bonds. The number of aromatic nitrogens is 1. The van der Waals surface area contributed by atoms with E-state index in [2.05, 4.69) is 16.5 Å². The van der Waals surface area contributed by atoms with E-state index in [1.807, 2.05) is 19.2 Å². The third-order valence-electron chi connectivity index (χ3n) is 3.57. The molecule has 88 valence electrons. The lowest BCUT2D eigenvalue weighted by molar-refractivity contribution is -0.0999. The van der Waals surface area contributed by atoms with Crippen LogP contribution in [0.4, 0.5) is 0 Å². The van der Waals surface area contributed by atoms with Gasteiger partial charge in [-0.15, -0.1) is 0 Å². The average Bonchev–Trinajstić information content (AvgIpc) is 2.25. The van der Waals surface area contributed by atoms with Crippen LogP contribution in [0, 0.1) is 6.92 Å². The highest BCUT2D eigenvalue weighted by atomic mass is 16.5. The maximum atomic E-state index is 5.66. The van der Waals surface area contributed by atoms with E-state index in [4.69, 9.17) is 10.6 Å². The normalized spacial score (nSPS) is 20.2. The molecular weight excluding hydrogens is 202 g/mol. The predicted molar refractivity (Wildman–Crippen MR) is 62.6 cm³/mol. The number of nitrogens with zero attached hydrogens (tertiary/aromatic N) is 1. The first kappa shape index (κ1) is 11.5. The molecule has 2 rings (SSSR count). The molecule has 4 nitrogen and oxygen atoms in total. The minimum absolute atomic E-state index is 0.0272. The van der Waals surface area contributed by atoms with Gasteiger partial charge in [0.25, 0.3) is 0 Å². The van der Waals surface area contributed by atoms with Gasteiger partial charge in [0.05, 0.1) is 11.6 Å². The van der Waals surface area contributed by atoms with Crippen molar-refractivity contribution in [2.24, 2.45) is 5.84 Å². The molecule has 0 spiro atoms. The molecule has 1 fully saturated rings. The second kappa shape index (κ2) is 4.49. The molecular formula is C12H19N3O. The number of methoxy groups -OCH3 is 1. The average molecular weight is 221 g/mol. The minimum Gasteiger partial charge on any atom is -0.376 e. The van der Waals surface area contributed by atoms with Crippen LogP contribution in [0.25, 0.3) is 0 Å². The summed E-state index contributed by atoms with van der Waals surface area (Å²) in [4.78, 5) is 4.30. The molecule has 1 aliphatic carbocycles. The Morgan fingerprint density at radius 3 is 2.62 bits per heavy atom. The molecule has 1 aromatic rings. The summed E-state index contributed by atoms with van der Waals surface area (Å²) in [7, 11) is 1.76. The molecule has 0 radical (unpaired) electrons. The molecule has 0 aliphatic heterocycles. The zero-order valence-electron chi connectivity index (χ0n) is 9.86. The Kier molecular flexibility index (Phi) is 3.23. The lowest BCUT2D eigenvalue weighted by atomic mass is 9.72. The number of nitrogens with two attached hydrogens (primary N) is 1. The van der Waals surface area contributed by atoms with E-state index in [0.29, 0.717) is 0 Å². The van der Waals surface area contributed by atoms with E-state index < -0.39 is 0 Å². The Bertz CT molecular complexity index is 340. The highest BCUT2D eigenvalue weighted by Crippen LogP contribution is 2.44. The summed E-state index contributed by atoms with van der Waals surface area (Å²) in [6, 6.07) is 4.09. The van der Waals surface area contributed by atoms with E-state index in [9.17, 15) is 0 Å². The number of pyridine rings is 1. The van der Waals surface area contributed by atoms with Gasteiger partial charge in [-0.2, -0.15) is 0 Å². The predicted octanol–water partition coefficient (Wildman–Crippen LogP) is 1.46. The molecule has 1 heterocycles. The molecule has 3 N–H and O–H groups in total. The van der Waals surface area contributed by atoms with Crippen LogP contribution in [0.15, 0.2) is 18.3 Å². The van der Waals surface area contributed by atoms with Gasteiger partial charge in [-0.3, -0.25) is 16.3 Å². The van der Waals surface area contributed by atoms with Crippen LogP contribution in [0.5, 0.6) is 0 Å². The third-order valence-corrected chi connectivity index (χ3v) is 3.57. The first-order valence-electron chi connectivity index (χ1n) is 5.66. The van der Waals surface area contributed by atoms with Gasteiger partial charge >= 0.3 is 0 Å². The van der Waals surface area contributed by atoms with Crippen LogP contribution in [0.2, 0.25) is 0 Å². The fraction of sp³-hybridized carbons (Fsp3) is 0.583. The largest absolute Gasteiger partial charge is 0.376 e. The van der Waals surface area contributed by atoms with Gasteiger partial charge in [0, 0.05) is 19.0 Å². The first-order chi connectivity index (χ1) is 7.72. The zero-order chi connectivity index (χ0) is 11.6. The van der Waals surface area contributed by atoms with Crippen molar-refractivity contribution >= 4 is 0 Å². The minimum atomic E-state index is -0.147. The Hall–Kier alpha value is -0.970. The molecule has 0 saturated heterocycles. The number of hydrogen-bond donors (Lipinski definition) is 2. The van der Waals surface area contributed by atoms with Gasteiger partial charge in [-0.1, -0.05) is 6.07 Å².